The maximum Gasteiger partial charge on any atom is 0.122 e. The van der Waals surface area contributed by atoms with Gasteiger partial charge in [0.1, 0.15) is 11.5 Å². The van der Waals surface area contributed by atoms with Crippen LogP contribution in [0, 0.1) is 6.92 Å². The third-order valence-corrected chi connectivity index (χ3v) is 5.31. The summed E-state index contributed by atoms with van der Waals surface area (Å²) in [5.41, 5.74) is 7.82. The summed E-state index contributed by atoms with van der Waals surface area (Å²) in [4.78, 5) is 7.15. The summed E-state index contributed by atoms with van der Waals surface area (Å²) in [6.07, 6.45) is 3.11. The first-order valence-corrected chi connectivity index (χ1v) is 9.15. The van der Waals surface area contributed by atoms with Gasteiger partial charge in [-0.1, -0.05) is 24.8 Å². The highest BCUT2D eigenvalue weighted by molar-refractivity contribution is 6.13. The minimum Gasteiger partial charge on any atom is -0.497 e. The number of hydrogen-bond acceptors (Lipinski definition) is 4. The van der Waals surface area contributed by atoms with E-state index in [0.29, 0.717) is 6.54 Å². The second kappa shape index (κ2) is 6.95. The molecule has 0 radical (unpaired) electrons. The fourth-order valence-corrected chi connectivity index (χ4v) is 3.83. The monoisotopic (exact) mass is 360 g/mol. The highest BCUT2D eigenvalue weighted by atomic mass is 16.5. The largest absolute Gasteiger partial charge is 0.497 e. The molecule has 0 atom stereocenters. The summed E-state index contributed by atoms with van der Waals surface area (Å²) in [5.74, 6) is 1.78. The van der Waals surface area contributed by atoms with Gasteiger partial charge >= 0.3 is 0 Å². The number of ether oxygens (including phenoxy) is 2. The summed E-state index contributed by atoms with van der Waals surface area (Å²) < 4.78 is 11.0. The van der Waals surface area contributed by atoms with E-state index in [1.165, 1.54) is 16.7 Å². The first-order valence-electron chi connectivity index (χ1n) is 9.15. The Morgan fingerprint density at radius 3 is 2.70 bits per heavy atom. The van der Waals surface area contributed by atoms with E-state index in [9.17, 15) is 0 Å². The summed E-state index contributed by atoms with van der Waals surface area (Å²) in [7, 11) is 3.42. The number of methoxy groups -OCH3 is 2. The Kier molecular flexibility index (Phi) is 4.48. The maximum absolute atomic E-state index is 5.60. The van der Waals surface area contributed by atoms with Crippen LogP contribution in [0.25, 0.3) is 5.70 Å². The molecule has 0 saturated heterocycles. The van der Waals surface area contributed by atoms with Crippen LogP contribution in [-0.2, 0) is 6.42 Å². The lowest BCUT2D eigenvalue weighted by Crippen LogP contribution is -2.29. The topological polar surface area (TPSA) is 34.1 Å². The van der Waals surface area contributed by atoms with E-state index in [1.54, 1.807) is 14.2 Å². The van der Waals surface area contributed by atoms with Crippen molar-refractivity contribution < 1.29 is 9.47 Å². The molecule has 0 aliphatic carbocycles. The zero-order chi connectivity index (χ0) is 19.0. The van der Waals surface area contributed by atoms with Crippen LogP contribution in [0.3, 0.4) is 0 Å². The predicted molar refractivity (Wildman–Crippen MR) is 110 cm³/mol. The van der Waals surface area contributed by atoms with E-state index in [0.717, 1.165) is 47.1 Å². The maximum atomic E-state index is 5.60. The van der Waals surface area contributed by atoms with Gasteiger partial charge in [0.25, 0.3) is 0 Å². The number of aryl methyl sites for hydroxylation is 1. The lowest BCUT2D eigenvalue weighted by molar-refractivity contribution is 0.400. The van der Waals surface area contributed by atoms with Crippen molar-refractivity contribution in [2.75, 3.05) is 27.3 Å². The average molecular weight is 360 g/mol. The molecular formula is C23H24N2O2. The summed E-state index contributed by atoms with van der Waals surface area (Å²) in [6.45, 7) is 7.86. The molecule has 4 rings (SSSR count). The first-order chi connectivity index (χ1) is 13.1. The molecule has 2 aromatic rings. The number of benzene rings is 2. The van der Waals surface area contributed by atoms with E-state index in [1.807, 2.05) is 18.2 Å². The van der Waals surface area contributed by atoms with Crippen LogP contribution in [-0.4, -0.2) is 37.9 Å². The van der Waals surface area contributed by atoms with Gasteiger partial charge in [0.2, 0.25) is 0 Å². The van der Waals surface area contributed by atoms with Crippen molar-refractivity contribution in [3.05, 3.63) is 77.0 Å². The quantitative estimate of drug-likeness (QED) is 0.821. The minimum absolute atomic E-state index is 0.589. The van der Waals surface area contributed by atoms with Crippen molar-refractivity contribution in [3.63, 3.8) is 0 Å². The van der Waals surface area contributed by atoms with Gasteiger partial charge in [-0.15, -0.1) is 0 Å². The van der Waals surface area contributed by atoms with Crippen molar-refractivity contribution in [1.29, 1.82) is 0 Å². The third-order valence-electron chi connectivity index (χ3n) is 5.31. The van der Waals surface area contributed by atoms with Crippen LogP contribution in [0.1, 0.15) is 22.3 Å². The Balaban J connectivity index is 1.88. The van der Waals surface area contributed by atoms with Gasteiger partial charge in [0.15, 0.2) is 0 Å². The predicted octanol–water partition coefficient (Wildman–Crippen LogP) is 4.23. The van der Waals surface area contributed by atoms with Gasteiger partial charge in [-0.3, -0.25) is 4.99 Å². The zero-order valence-corrected chi connectivity index (χ0v) is 16.1. The van der Waals surface area contributed by atoms with Crippen LogP contribution in [0.2, 0.25) is 0 Å². The Bertz CT molecular complexity index is 972. The lowest BCUT2D eigenvalue weighted by atomic mass is 9.93. The van der Waals surface area contributed by atoms with Gasteiger partial charge < -0.3 is 14.4 Å². The van der Waals surface area contributed by atoms with Crippen LogP contribution in [0.15, 0.2) is 59.7 Å². The molecule has 0 bridgehead atoms. The van der Waals surface area contributed by atoms with E-state index >= 15 is 0 Å². The number of rotatable bonds is 3. The molecule has 138 valence electrons. The number of allylic oxidation sites excluding steroid dienone is 1. The zero-order valence-electron chi connectivity index (χ0n) is 16.1. The van der Waals surface area contributed by atoms with Gasteiger partial charge in [0.05, 0.1) is 32.2 Å². The fourth-order valence-electron chi connectivity index (χ4n) is 3.83. The number of aliphatic imine (C=N–C) groups is 1. The molecule has 4 nitrogen and oxygen atoms in total. The van der Waals surface area contributed by atoms with Crippen molar-refractivity contribution in [1.82, 2.24) is 4.90 Å². The number of nitrogens with zero attached hydrogens (tertiary/aromatic N) is 2. The normalized spacial score (nSPS) is 16.0. The Morgan fingerprint density at radius 2 is 1.93 bits per heavy atom. The molecule has 0 N–H and O–H groups in total. The molecule has 0 fully saturated rings. The second-order valence-electron chi connectivity index (χ2n) is 6.87. The molecule has 2 aliphatic heterocycles. The highest BCUT2D eigenvalue weighted by Gasteiger charge is 2.27. The van der Waals surface area contributed by atoms with Crippen molar-refractivity contribution in [3.8, 4) is 11.5 Å². The molecule has 27 heavy (non-hydrogen) atoms. The molecular weight excluding hydrogens is 336 g/mol. The highest BCUT2D eigenvalue weighted by Crippen LogP contribution is 2.37. The molecule has 4 heteroatoms. The molecule has 0 saturated carbocycles. The molecule has 0 aromatic heterocycles. The van der Waals surface area contributed by atoms with E-state index in [4.69, 9.17) is 14.5 Å². The Hall–Kier alpha value is -3.01. The van der Waals surface area contributed by atoms with E-state index in [2.05, 4.69) is 42.7 Å². The van der Waals surface area contributed by atoms with Crippen molar-refractivity contribution >= 4 is 11.4 Å². The Morgan fingerprint density at radius 1 is 1.07 bits per heavy atom. The lowest BCUT2D eigenvalue weighted by Gasteiger charge is -2.34. The van der Waals surface area contributed by atoms with Crippen LogP contribution in [0.5, 0.6) is 11.5 Å². The molecule has 2 aliphatic rings. The smallest absolute Gasteiger partial charge is 0.122 e. The van der Waals surface area contributed by atoms with Crippen LogP contribution < -0.4 is 9.47 Å². The van der Waals surface area contributed by atoms with Gasteiger partial charge in [-0.25, -0.2) is 0 Å². The first kappa shape index (κ1) is 17.4. The molecule has 0 amide bonds. The fraction of sp³-hybridized carbons (Fsp3) is 0.261. The number of fused-ring (bicyclic) bond motifs is 3. The van der Waals surface area contributed by atoms with E-state index in [-0.39, 0.29) is 0 Å². The second-order valence-corrected chi connectivity index (χ2v) is 6.87. The summed E-state index contributed by atoms with van der Waals surface area (Å²) in [5, 5.41) is 0. The summed E-state index contributed by atoms with van der Waals surface area (Å²) >= 11 is 0. The van der Waals surface area contributed by atoms with Crippen molar-refractivity contribution in [2.45, 2.75) is 13.3 Å². The minimum atomic E-state index is 0.589. The number of hydrogen-bond donors (Lipinski definition) is 0. The van der Waals surface area contributed by atoms with Gasteiger partial charge in [0, 0.05) is 28.9 Å². The Labute approximate surface area is 160 Å². The third kappa shape index (κ3) is 3.01. The molecule has 2 aromatic carbocycles. The SMILES string of the molecule is C=C1CN=C(c2cc(OC)ccc2C)C=C2c3cccc(OC)c3CCN12. The van der Waals surface area contributed by atoms with E-state index < -0.39 is 0 Å². The average Bonchev–Trinajstić information content (AvgIpc) is 2.87. The van der Waals surface area contributed by atoms with Gasteiger partial charge in [-0.05, 0) is 43.2 Å². The molecule has 0 unspecified atom stereocenters. The van der Waals surface area contributed by atoms with Gasteiger partial charge in [-0.2, -0.15) is 0 Å². The molecule has 2 heterocycles. The van der Waals surface area contributed by atoms with Crippen LogP contribution in [0.4, 0.5) is 0 Å². The molecule has 0 spiro atoms. The van der Waals surface area contributed by atoms with Crippen molar-refractivity contribution in [2.24, 2.45) is 4.99 Å². The summed E-state index contributed by atoms with van der Waals surface area (Å²) in [6, 6.07) is 12.3. The standard InChI is InChI=1S/C23H24N2O2/c1-15-8-9-17(26-3)12-20(15)21-13-22-18-6-5-7-23(27-4)19(18)10-11-25(22)16(2)14-24-21/h5-9,12-13H,2,10-11,14H2,1,3-4H3. The van der Waals surface area contributed by atoms with Crippen LogP contribution >= 0.6 is 0 Å².